The van der Waals surface area contributed by atoms with E-state index in [1.807, 2.05) is 42.5 Å². The summed E-state index contributed by atoms with van der Waals surface area (Å²) in [6, 6.07) is 44.1. The highest BCUT2D eigenvalue weighted by Crippen LogP contribution is 2.41. The van der Waals surface area contributed by atoms with Crippen LogP contribution in [0.2, 0.25) is 0 Å². The van der Waals surface area contributed by atoms with Crippen molar-refractivity contribution < 1.29 is 4.42 Å². The lowest BCUT2D eigenvalue weighted by atomic mass is 10.0. The summed E-state index contributed by atoms with van der Waals surface area (Å²) >= 11 is 0. The van der Waals surface area contributed by atoms with Crippen molar-refractivity contribution >= 4 is 65.6 Å². The van der Waals surface area contributed by atoms with Crippen molar-refractivity contribution in [1.82, 2.24) is 14.5 Å². The third-order valence-corrected chi connectivity index (χ3v) is 7.97. The Hall–Kier alpha value is -5.48. The van der Waals surface area contributed by atoms with E-state index in [0.717, 1.165) is 71.9 Å². The van der Waals surface area contributed by atoms with Crippen LogP contribution in [0.25, 0.3) is 82.6 Å². The highest BCUT2D eigenvalue weighted by molar-refractivity contribution is 6.20. The number of nitrogens with zero attached hydrogens (tertiary/aromatic N) is 3. The largest absolute Gasteiger partial charge is 0.455 e. The zero-order chi connectivity index (χ0) is 26.2. The fraction of sp³-hybridized carbons (Fsp3) is 0. The van der Waals surface area contributed by atoms with Crippen LogP contribution in [0, 0.1) is 0 Å². The molecule has 0 aliphatic carbocycles. The summed E-state index contributed by atoms with van der Waals surface area (Å²) in [7, 11) is 0. The van der Waals surface area contributed by atoms with E-state index in [9.17, 15) is 0 Å². The van der Waals surface area contributed by atoms with E-state index < -0.39 is 0 Å². The average Bonchev–Trinajstić information content (AvgIpc) is 3.55. The quantitative estimate of drug-likeness (QED) is 0.232. The van der Waals surface area contributed by atoms with Crippen molar-refractivity contribution in [1.29, 1.82) is 0 Å². The molecule has 9 rings (SSSR count). The predicted octanol–water partition coefficient (Wildman–Crippen LogP) is 9.45. The zero-order valence-electron chi connectivity index (χ0n) is 21.4. The normalized spacial score (nSPS) is 12.0. The lowest BCUT2D eigenvalue weighted by Gasteiger charge is -2.13. The topological polar surface area (TPSA) is 43.9 Å². The fourth-order valence-electron chi connectivity index (χ4n) is 6.13. The van der Waals surface area contributed by atoms with Gasteiger partial charge in [0.05, 0.1) is 22.1 Å². The minimum absolute atomic E-state index is 0.803. The molecule has 0 radical (unpaired) electrons. The first-order chi connectivity index (χ1) is 19.8. The molecule has 3 heterocycles. The van der Waals surface area contributed by atoms with E-state index in [-0.39, 0.29) is 0 Å². The van der Waals surface area contributed by atoms with E-state index in [4.69, 9.17) is 14.4 Å². The summed E-state index contributed by atoms with van der Waals surface area (Å²) in [6.07, 6.45) is 0. The van der Waals surface area contributed by atoms with Crippen molar-refractivity contribution in [3.05, 3.63) is 127 Å². The third-order valence-electron chi connectivity index (χ3n) is 7.97. The monoisotopic (exact) mass is 511 g/mol. The Morgan fingerprint density at radius 1 is 0.500 bits per heavy atom. The number of benzene rings is 6. The summed E-state index contributed by atoms with van der Waals surface area (Å²) in [5, 5.41) is 6.87. The van der Waals surface area contributed by atoms with Crippen LogP contribution in [0.5, 0.6) is 0 Å². The summed E-state index contributed by atoms with van der Waals surface area (Å²) in [6.45, 7) is 0. The second-order valence-corrected chi connectivity index (χ2v) is 10.2. The van der Waals surface area contributed by atoms with Crippen LogP contribution in [0.15, 0.2) is 132 Å². The molecule has 0 amide bonds. The molecule has 0 saturated heterocycles. The lowest BCUT2D eigenvalue weighted by molar-refractivity contribution is 0.673. The number of furan rings is 1. The molecule has 3 aromatic heterocycles. The molecule has 40 heavy (non-hydrogen) atoms. The lowest BCUT2D eigenvalue weighted by Crippen LogP contribution is -2.03. The van der Waals surface area contributed by atoms with Gasteiger partial charge in [-0.15, -0.1) is 0 Å². The maximum Gasteiger partial charge on any atom is 0.165 e. The maximum absolute atomic E-state index is 6.60. The van der Waals surface area contributed by atoms with Gasteiger partial charge in [-0.3, -0.25) is 4.57 Å². The standard InChI is InChI=1S/C36H21N3O/c1-2-11-23(12-3-1)34-36(38-30-16-8-7-15-29(30)37-34)39-31-17-9-6-14-25(31)27-20-28-26-19-18-22-10-4-5-13-24(22)35(26)40-33(28)21-32(27)39/h1-21H. The molecule has 4 nitrogen and oxygen atoms in total. The van der Waals surface area contributed by atoms with Gasteiger partial charge in [-0.25, -0.2) is 9.97 Å². The van der Waals surface area contributed by atoms with Crippen molar-refractivity contribution in [2.45, 2.75) is 0 Å². The van der Waals surface area contributed by atoms with Gasteiger partial charge in [0.25, 0.3) is 0 Å². The van der Waals surface area contributed by atoms with E-state index in [1.165, 1.54) is 10.8 Å². The van der Waals surface area contributed by atoms with Crippen LogP contribution in [-0.2, 0) is 0 Å². The highest BCUT2D eigenvalue weighted by Gasteiger charge is 2.21. The van der Waals surface area contributed by atoms with Gasteiger partial charge in [0, 0.05) is 38.6 Å². The van der Waals surface area contributed by atoms with Crippen molar-refractivity contribution in [3.63, 3.8) is 0 Å². The van der Waals surface area contributed by atoms with Gasteiger partial charge in [-0.1, -0.05) is 91.0 Å². The molecule has 6 aromatic carbocycles. The molecule has 186 valence electrons. The molecule has 0 atom stereocenters. The number of hydrogen-bond donors (Lipinski definition) is 0. The molecule has 0 aliphatic rings. The van der Waals surface area contributed by atoms with Crippen molar-refractivity contribution in [2.24, 2.45) is 0 Å². The maximum atomic E-state index is 6.60. The van der Waals surface area contributed by atoms with Crippen molar-refractivity contribution in [2.75, 3.05) is 0 Å². The van der Waals surface area contributed by atoms with Gasteiger partial charge >= 0.3 is 0 Å². The molecule has 0 unspecified atom stereocenters. The van der Waals surface area contributed by atoms with E-state index >= 15 is 0 Å². The number of fused-ring (bicyclic) bond motifs is 9. The van der Waals surface area contributed by atoms with Crippen LogP contribution < -0.4 is 0 Å². The molecule has 4 heteroatoms. The predicted molar refractivity (Wildman–Crippen MR) is 164 cm³/mol. The van der Waals surface area contributed by atoms with E-state index in [0.29, 0.717) is 0 Å². The fourth-order valence-corrected chi connectivity index (χ4v) is 6.13. The van der Waals surface area contributed by atoms with Crippen LogP contribution in [0.4, 0.5) is 0 Å². The summed E-state index contributed by atoms with van der Waals surface area (Å²) in [4.78, 5) is 10.4. The Labute approximate surface area is 228 Å². The van der Waals surface area contributed by atoms with Crippen LogP contribution in [0.1, 0.15) is 0 Å². The Balaban J connectivity index is 1.44. The molecule has 0 fully saturated rings. The minimum Gasteiger partial charge on any atom is -0.455 e. The summed E-state index contributed by atoms with van der Waals surface area (Å²) < 4.78 is 8.84. The van der Waals surface area contributed by atoms with Gasteiger partial charge in [0.1, 0.15) is 16.9 Å². The van der Waals surface area contributed by atoms with Crippen LogP contribution in [-0.4, -0.2) is 14.5 Å². The summed E-state index contributed by atoms with van der Waals surface area (Å²) in [5.74, 6) is 0.803. The van der Waals surface area contributed by atoms with E-state index in [2.05, 4.69) is 89.5 Å². The smallest absolute Gasteiger partial charge is 0.165 e. The Kier molecular flexibility index (Phi) is 4.30. The van der Waals surface area contributed by atoms with E-state index in [1.54, 1.807) is 0 Å². The second kappa shape index (κ2) is 8.01. The molecule has 0 aliphatic heterocycles. The molecule has 9 aromatic rings. The highest BCUT2D eigenvalue weighted by atomic mass is 16.3. The first-order valence-corrected chi connectivity index (χ1v) is 13.4. The van der Waals surface area contributed by atoms with Gasteiger partial charge < -0.3 is 4.42 Å². The molecular formula is C36H21N3O. The molecule has 0 N–H and O–H groups in total. The molecule has 0 bridgehead atoms. The zero-order valence-corrected chi connectivity index (χ0v) is 21.4. The number of para-hydroxylation sites is 3. The molecule has 0 spiro atoms. The Bertz CT molecular complexity index is 2430. The summed E-state index contributed by atoms with van der Waals surface area (Å²) in [5.41, 5.74) is 7.51. The number of hydrogen-bond acceptors (Lipinski definition) is 3. The molecule has 0 saturated carbocycles. The Morgan fingerprint density at radius 2 is 1.23 bits per heavy atom. The number of aromatic nitrogens is 3. The first-order valence-electron chi connectivity index (χ1n) is 13.4. The van der Waals surface area contributed by atoms with Gasteiger partial charge in [-0.05, 0) is 35.7 Å². The number of rotatable bonds is 2. The van der Waals surface area contributed by atoms with Crippen molar-refractivity contribution in [3.8, 4) is 17.1 Å². The van der Waals surface area contributed by atoms with Crippen LogP contribution in [0.3, 0.4) is 0 Å². The van der Waals surface area contributed by atoms with Crippen LogP contribution >= 0.6 is 0 Å². The minimum atomic E-state index is 0.803. The molecular weight excluding hydrogens is 490 g/mol. The van der Waals surface area contributed by atoms with Gasteiger partial charge in [0.2, 0.25) is 0 Å². The average molecular weight is 512 g/mol. The second-order valence-electron chi connectivity index (χ2n) is 10.2. The van der Waals surface area contributed by atoms with Gasteiger partial charge in [0.15, 0.2) is 5.82 Å². The van der Waals surface area contributed by atoms with Gasteiger partial charge in [-0.2, -0.15) is 0 Å². The first kappa shape index (κ1) is 21.5. The SMILES string of the molecule is c1ccc(-c2nc3ccccc3nc2-n2c3ccccc3c3cc4c(cc32)oc2c3ccccc3ccc42)cc1. The Morgan fingerprint density at radius 3 is 2.10 bits per heavy atom. The third kappa shape index (κ3) is 2.96.